The van der Waals surface area contributed by atoms with Gasteiger partial charge >= 0.3 is 0 Å². The third kappa shape index (κ3) is 5.01. The number of methoxy groups -OCH3 is 1. The van der Waals surface area contributed by atoms with Crippen molar-refractivity contribution >= 4 is 22.6 Å². The van der Waals surface area contributed by atoms with Crippen LogP contribution in [0.15, 0.2) is 60.7 Å². The van der Waals surface area contributed by atoms with Crippen molar-refractivity contribution in [2.24, 2.45) is 0 Å². The molecule has 0 radical (unpaired) electrons. The van der Waals surface area contributed by atoms with Crippen LogP contribution in [0.1, 0.15) is 11.1 Å². The molecule has 0 spiro atoms. The number of alkyl halides is 1. The molecule has 134 valence electrons. The number of ether oxygens (including phenoxy) is 4. The van der Waals surface area contributed by atoms with Crippen molar-refractivity contribution in [3.8, 4) is 0 Å². The fourth-order valence-electron chi connectivity index (χ4n) is 2.92. The number of hydrogen-bond donors (Lipinski definition) is 0. The second-order valence-corrected chi connectivity index (χ2v) is 6.84. The molecular weight excluding hydrogens is 431 g/mol. The summed E-state index contributed by atoms with van der Waals surface area (Å²) in [6.45, 7) is 1.04. The van der Waals surface area contributed by atoms with Crippen molar-refractivity contribution in [3.63, 3.8) is 0 Å². The van der Waals surface area contributed by atoms with Gasteiger partial charge in [-0.2, -0.15) is 0 Å². The van der Waals surface area contributed by atoms with Gasteiger partial charge in [0.25, 0.3) is 0 Å². The maximum atomic E-state index is 6.19. The van der Waals surface area contributed by atoms with Crippen LogP contribution in [0.3, 0.4) is 0 Å². The van der Waals surface area contributed by atoms with E-state index in [1.807, 2.05) is 48.5 Å². The molecule has 3 rings (SSSR count). The first-order valence-corrected chi connectivity index (χ1v) is 9.89. The average molecular weight is 454 g/mol. The number of halogens is 1. The highest BCUT2D eigenvalue weighted by atomic mass is 127. The first kappa shape index (κ1) is 18.8. The summed E-state index contributed by atoms with van der Waals surface area (Å²) in [7, 11) is 1.65. The third-order valence-corrected chi connectivity index (χ3v) is 5.09. The van der Waals surface area contributed by atoms with Gasteiger partial charge in [-0.05, 0) is 11.1 Å². The van der Waals surface area contributed by atoms with E-state index in [4.69, 9.17) is 18.9 Å². The van der Waals surface area contributed by atoms with E-state index in [0.717, 1.165) is 15.6 Å². The normalized spacial score (nSPS) is 26.0. The fraction of sp³-hybridized carbons (Fsp3) is 0.400. The molecular formula is C20H23IO4. The van der Waals surface area contributed by atoms with Gasteiger partial charge in [-0.1, -0.05) is 83.3 Å². The molecule has 2 aromatic carbocycles. The van der Waals surface area contributed by atoms with Gasteiger partial charge in [0, 0.05) is 11.5 Å². The Bertz CT molecular complexity index is 567. The minimum Gasteiger partial charge on any atom is -0.368 e. The van der Waals surface area contributed by atoms with Crippen molar-refractivity contribution in [2.75, 3.05) is 11.5 Å². The Labute approximate surface area is 162 Å². The summed E-state index contributed by atoms with van der Waals surface area (Å²) < 4.78 is 24.6. The minimum absolute atomic E-state index is 0.0463. The smallest absolute Gasteiger partial charge is 0.186 e. The van der Waals surface area contributed by atoms with E-state index in [2.05, 4.69) is 34.7 Å². The highest BCUT2D eigenvalue weighted by Crippen LogP contribution is 2.30. The molecule has 1 saturated heterocycles. The van der Waals surface area contributed by atoms with E-state index in [1.54, 1.807) is 7.11 Å². The van der Waals surface area contributed by atoms with Gasteiger partial charge in [0.05, 0.1) is 19.3 Å². The van der Waals surface area contributed by atoms with Gasteiger partial charge in [0.1, 0.15) is 12.2 Å². The Morgan fingerprint density at radius 3 is 1.84 bits per heavy atom. The molecule has 2 aromatic rings. The van der Waals surface area contributed by atoms with Gasteiger partial charge in [-0.3, -0.25) is 0 Å². The Kier molecular flexibility index (Phi) is 7.24. The first-order valence-electron chi connectivity index (χ1n) is 8.37. The van der Waals surface area contributed by atoms with Crippen molar-refractivity contribution < 1.29 is 18.9 Å². The fourth-order valence-corrected chi connectivity index (χ4v) is 3.63. The molecule has 0 saturated carbocycles. The molecule has 0 bridgehead atoms. The van der Waals surface area contributed by atoms with Gasteiger partial charge in [0.15, 0.2) is 6.29 Å². The first-order chi connectivity index (χ1) is 12.3. The monoisotopic (exact) mass is 454 g/mol. The zero-order valence-corrected chi connectivity index (χ0v) is 16.4. The molecule has 0 amide bonds. The Morgan fingerprint density at radius 1 is 0.840 bits per heavy atom. The highest BCUT2D eigenvalue weighted by molar-refractivity contribution is 14.1. The lowest BCUT2D eigenvalue weighted by molar-refractivity contribution is -0.165. The highest BCUT2D eigenvalue weighted by Gasteiger charge is 2.46. The number of rotatable bonds is 8. The molecule has 1 fully saturated rings. The summed E-state index contributed by atoms with van der Waals surface area (Å²) in [6.07, 6.45) is -0.876. The van der Waals surface area contributed by atoms with Crippen LogP contribution in [0.25, 0.3) is 0 Å². The Morgan fingerprint density at radius 2 is 1.36 bits per heavy atom. The van der Waals surface area contributed by atoms with E-state index in [1.165, 1.54) is 0 Å². The summed E-state index contributed by atoms with van der Waals surface area (Å²) in [5.74, 6) is 0. The summed E-state index contributed by atoms with van der Waals surface area (Å²) in [5, 5.41) is 0. The predicted octanol–water partition coefficient (Wildman–Crippen LogP) is 3.96. The second-order valence-electron chi connectivity index (χ2n) is 5.96. The lowest BCUT2D eigenvalue weighted by Gasteiger charge is -2.24. The van der Waals surface area contributed by atoms with Crippen molar-refractivity contribution in [3.05, 3.63) is 71.8 Å². The van der Waals surface area contributed by atoms with Gasteiger partial charge in [0.2, 0.25) is 0 Å². The Balaban J connectivity index is 1.66. The van der Waals surface area contributed by atoms with Crippen LogP contribution in [0.2, 0.25) is 0 Å². The Hall–Kier alpha value is -0.990. The molecule has 1 aliphatic heterocycles. The van der Waals surface area contributed by atoms with Crippen LogP contribution in [-0.2, 0) is 32.2 Å². The molecule has 1 heterocycles. The molecule has 1 unspecified atom stereocenters. The molecule has 4 atom stereocenters. The molecule has 0 N–H and O–H groups in total. The SMILES string of the molecule is COC1O[C@H](CI)[C@@H](OCc2ccccc2)[C@@H]1OCc1ccccc1. The molecule has 0 aromatic heterocycles. The quantitative estimate of drug-likeness (QED) is 0.447. The summed E-state index contributed by atoms with van der Waals surface area (Å²) in [6, 6.07) is 20.3. The zero-order chi connectivity index (χ0) is 17.5. The van der Waals surface area contributed by atoms with E-state index >= 15 is 0 Å². The van der Waals surface area contributed by atoms with Gasteiger partial charge in [-0.15, -0.1) is 0 Å². The van der Waals surface area contributed by atoms with Crippen molar-refractivity contribution in [1.29, 1.82) is 0 Å². The lowest BCUT2D eigenvalue weighted by atomic mass is 10.1. The molecule has 1 aliphatic rings. The van der Waals surface area contributed by atoms with Crippen LogP contribution < -0.4 is 0 Å². The lowest BCUT2D eigenvalue weighted by Crippen LogP contribution is -2.38. The van der Waals surface area contributed by atoms with E-state index in [0.29, 0.717) is 13.2 Å². The largest absolute Gasteiger partial charge is 0.368 e. The van der Waals surface area contributed by atoms with Crippen molar-refractivity contribution in [2.45, 2.75) is 37.8 Å². The van der Waals surface area contributed by atoms with Crippen LogP contribution in [-0.4, -0.2) is 36.1 Å². The van der Waals surface area contributed by atoms with Crippen LogP contribution in [0.4, 0.5) is 0 Å². The second kappa shape index (κ2) is 9.64. The summed E-state index contributed by atoms with van der Waals surface area (Å²) >= 11 is 2.32. The summed E-state index contributed by atoms with van der Waals surface area (Å²) in [4.78, 5) is 0. The van der Waals surface area contributed by atoms with Crippen molar-refractivity contribution in [1.82, 2.24) is 0 Å². The van der Waals surface area contributed by atoms with Crippen LogP contribution in [0.5, 0.6) is 0 Å². The number of benzene rings is 2. The van der Waals surface area contributed by atoms with Gasteiger partial charge < -0.3 is 18.9 Å². The van der Waals surface area contributed by atoms with E-state index < -0.39 is 6.29 Å². The predicted molar refractivity (Wildman–Crippen MR) is 105 cm³/mol. The van der Waals surface area contributed by atoms with E-state index in [-0.39, 0.29) is 18.3 Å². The maximum absolute atomic E-state index is 6.19. The average Bonchev–Trinajstić information content (AvgIpc) is 3.03. The molecule has 4 nitrogen and oxygen atoms in total. The molecule has 25 heavy (non-hydrogen) atoms. The summed E-state index contributed by atoms with van der Waals surface area (Å²) in [5.41, 5.74) is 2.26. The minimum atomic E-state index is -0.413. The van der Waals surface area contributed by atoms with E-state index in [9.17, 15) is 0 Å². The maximum Gasteiger partial charge on any atom is 0.186 e. The molecule has 0 aliphatic carbocycles. The topological polar surface area (TPSA) is 36.9 Å². The zero-order valence-electron chi connectivity index (χ0n) is 14.2. The standard InChI is InChI=1S/C20H23IO4/c1-22-20-19(24-14-16-10-6-3-7-11-16)18(17(12-21)25-20)23-13-15-8-4-2-5-9-15/h2-11,17-20H,12-14H2,1H3/t17-,18-,19+,20?/m1/s1. The van der Waals surface area contributed by atoms with Gasteiger partial charge in [-0.25, -0.2) is 0 Å². The third-order valence-electron chi connectivity index (χ3n) is 4.22. The molecule has 5 heteroatoms. The van der Waals surface area contributed by atoms with Crippen LogP contribution in [0, 0.1) is 0 Å². The number of hydrogen-bond acceptors (Lipinski definition) is 4. The van der Waals surface area contributed by atoms with Crippen LogP contribution >= 0.6 is 22.6 Å².